The van der Waals surface area contributed by atoms with Gasteiger partial charge >= 0.3 is 0 Å². The molecule has 3 atom stereocenters. The largest absolute Gasteiger partial charge is 0.324 e. The van der Waals surface area contributed by atoms with Gasteiger partial charge in [0.1, 0.15) is 0 Å². The SMILES string of the molecule is CC1CC(C)CC(CC(N)c2ccccc2)C1. The minimum absolute atomic E-state index is 0.221. The third-order valence-corrected chi connectivity index (χ3v) is 4.09. The molecule has 0 bridgehead atoms. The summed E-state index contributed by atoms with van der Waals surface area (Å²) < 4.78 is 0. The highest BCUT2D eigenvalue weighted by molar-refractivity contribution is 5.18. The van der Waals surface area contributed by atoms with E-state index in [-0.39, 0.29) is 6.04 Å². The molecule has 1 nitrogen and oxygen atoms in total. The zero-order chi connectivity index (χ0) is 12.3. The summed E-state index contributed by atoms with van der Waals surface area (Å²) in [5, 5.41) is 0. The summed E-state index contributed by atoms with van der Waals surface area (Å²) in [4.78, 5) is 0. The van der Waals surface area contributed by atoms with Gasteiger partial charge in [-0.05, 0) is 49.0 Å². The first kappa shape index (κ1) is 12.6. The Morgan fingerprint density at radius 2 is 1.65 bits per heavy atom. The molecule has 1 aromatic rings. The lowest BCUT2D eigenvalue weighted by Gasteiger charge is -2.33. The minimum Gasteiger partial charge on any atom is -0.324 e. The summed E-state index contributed by atoms with van der Waals surface area (Å²) in [6.07, 6.45) is 5.28. The average molecular weight is 231 g/mol. The lowest BCUT2D eigenvalue weighted by Crippen LogP contribution is -2.23. The van der Waals surface area contributed by atoms with Crippen molar-refractivity contribution >= 4 is 0 Å². The van der Waals surface area contributed by atoms with Crippen molar-refractivity contribution < 1.29 is 0 Å². The number of hydrogen-bond donors (Lipinski definition) is 1. The third-order valence-electron chi connectivity index (χ3n) is 4.09. The van der Waals surface area contributed by atoms with Crippen LogP contribution in [0.4, 0.5) is 0 Å². The first-order valence-corrected chi connectivity index (χ1v) is 6.95. The highest BCUT2D eigenvalue weighted by Crippen LogP contribution is 2.36. The van der Waals surface area contributed by atoms with E-state index in [1.807, 2.05) is 0 Å². The number of hydrogen-bond acceptors (Lipinski definition) is 1. The quantitative estimate of drug-likeness (QED) is 0.831. The fourth-order valence-electron chi connectivity index (χ4n) is 3.50. The number of rotatable bonds is 3. The second-order valence-corrected chi connectivity index (χ2v) is 6.04. The number of nitrogens with two attached hydrogens (primary N) is 1. The molecule has 0 aliphatic heterocycles. The maximum atomic E-state index is 6.32. The van der Waals surface area contributed by atoms with Crippen LogP contribution in [0.25, 0.3) is 0 Å². The van der Waals surface area contributed by atoms with E-state index in [9.17, 15) is 0 Å². The first-order valence-electron chi connectivity index (χ1n) is 6.95. The van der Waals surface area contributed by atoms with Crippen molar-refractivity contribution in [1.29, 1.82) is 0 Å². The van der Waals surface area contributed by atoms with Crippen molar-refractivity contribution in [2.75, 3.05) is 0 Å². The van der Waals surface area contributed by atoms with Crippen molar-refractivity contribution in [3.8, 4) is 0 Å². The Morgan fingerprint density at radius 1 is 1.06 bits per heavy atom. The van der Waals surface area contributed by atoms with Gasteiger partial charge < -0.3 is 5.73 Å². The van der Waals surface area contributed by atoms with Gasteiger partial charge in [-0.25, -0.2) is 0 Å². The van der Waals surface area contributed by atoms with Gasteiger partial charge in [-0.15, -0.1) is 0 Å². The fourth-order valence-corrected chi connectivity index (χ4v) is 3.50. The molecule has 0 heterocycles. The zero-order valence-corrected chi connectivity index (χ0v) is 11.1. The van der Waals surface area contributed by atoms with Gasteiger partial charge in [-0.2, -0.15) is 0 Å². The molecule has 2 rings (SSSR count). The highest BCUT2D eigenvalue weighted by atomic mass is 14.6. The topological polar surface area (TPSA) is 26.0 Å². The Morgan fingerprint density at radius 3 is 2.24 bits per heavy atom. The molecule has 0 amide bonds. The monoisotopic (exact) mass is 231 g/mol. The Labute approximate surface area is 105 Å². The summed E-state index contributed by atoms with van der Waals surface area (Å²) in [7, 11) is 0. The standard InChI is InChI=1S/C16H25N/c1-12-8-13(2)10-14(9-12)11-16(17)15-6-4-3-5-7-15/h3-7,12-14,16H,8-11,17H2,1-2H3. The van der Waals surface area contributed by atoms with E-state index in [2.05, 4.69) is 44.2 Å². The lowest BCUT2D eigenvalue weighted by molar-refractivity contribution is 0.202. The van der Waals surface area contributed by atoms with Crippen LogP contribution in [0.5, 0.6) is 0 Å². The second-order valence-electron chi connectivity index (χ2n) is 6.04. The molecular weight excluding hydrogens is 206 g/mol. The van der Waals surface area contributed by atoms with Crippen LogP contribution in [0.1, 0.15) is 51.1 Å². The van der Waals surface area contributed by atoms with Crippen molar-refractivity contribution in [2.45, 2.75) is 45.6 Å². The summed E-state index contributed by atoms with van der Waals surface area (Å²) in [6.45, 7) is 4.77. The van der Waals surface area contributed by atoms with Crippen LogP contribution in [0.15, 0.2) is 30.3 Å². The molecular formula is C16H25N. The predicted molar refractivity (Wildman–Crippen MR) is 73.7 cm³/mol. The summed E-state index contributed by atoms with van der Waals surface area (Å²) in [6, 6.07) is 10.8. The van der Waals surface area contributed by atoms with Crippen LogP contribution in [0, 0.1) is 17.8 Å². The molecule has 2 N–H and O–H groups in total. The summed E-state index contributed by atoms with van der Waals surface area (Å²) in [5.41, 5.74) is 7.61. The van der Waals surface area contributed by atoms with Gasteiger partial charge in [-0.3, -0.25) is 0 Å². The summed E-state index contributed by atoms with van der Waals surface area (Å²) in [5.74, 6) is 2.59. The average Bonchev–Trinajstić information content (AvgIpc) is 2.28. The molecule has 1 aliphatic rings. The normalized spacial score (nSPS) is 31.1. The van der Waals surface area contributed by atoms with Gasteiger partial charge in [0.05, 0.1) is 0 Å². The van der Waals surface area contributed by atoms with E-state index >= 15 is 0 Å². The van der Waals surface area contributed by atoms with E-state index < -0.39 is 0 Å². The summed E-state index contributed by atoms with van der Waals surface area (Å²) >= 11 is 0. The van der Waals surface area contributed by atoms with E-state index in [0.717, 1.165) is 24.2 Å². The molecule has 0 saturated heterocycles. The van der Waals surface area contributed by atoms with Gasteiger partial charge in [-0.1, -0.05) is 44.2 Å². The molecule has 17 heavy (non-hydrogen) atoms. The van der Waals surface area contributed by atoms with Crippen LogP contribution in [-0.4, -0.2) is 0 Å². The maximum absolute atomic E-state index is 6.32. The first-order chi connectivity index (χ1) is 8.15. The fraction of sp³-hybridized carbons (Fsp3) is 0.625. The zero-order valence-electron chi connectivity index (χ0n) is 11.1. The van der Waals surface area contributed by atoms with Crippen molar-refractivity contribution in [1.82, 2.24) is 0 Å². The van der Waals surface area contributed by atoms with E-state index in [1.165, 1.54) is 24.8 Å². The Bertz CT molecular complexity index is 323. The second kappa shape index (κ2) is 5.68. The van der Waals surface area contributed by atoms with Crippen LogP contribution in [-0.2, 0) is 0 Å². The smallest absolute Gasteiger partial charge is 0.0297 e. The Hall–Kier alpha value is -0.820. The molecule has 1 heteroatoms. The van der Waals surface area contributed by atoms with E-state index in [0.29, 0.717) is 0 Å². The van der Waals surface area contributed by atoms with Crippen molar-refractivity contribution in [2.24, 2.45) is 23.5 Å². The van der Waals surface area contributed by atoms with Crippen LogP contribution in [0.2, 0.25) is 0 Å². The van der Waals surface area contributed by atoms with Gasteiger partial charge in [0.15, 0.2) is 0 Å². The minimum atomic E-state index is 0.221. The molecule has 0 aromatic heterocycles. The van der Waals surface area contributed by atoms with Gasteiger partial charge in [0, 0.05) is 6.04 Å². The maximum Gasteiger partial charge on any atom is 0.0297 e. The van der Waals surface area contributed by atoms with Crippen LogP contribution >= 0.6 is 0 Å². The molecule has 1 aliphatic carbocycles. The van der Waals surface area contributed by atoms with Crippen LogP contribution < -0.4 is 5.73 Å². The van der Waals surface area contributed by atoms with Gasteiger partial charge in [0.25, 0.3) is 0 Å². The molecule has 3 unspecified atom stereocenters. The van der Waals surface area contributed by atoms with E-state index in [1.54, 1.807) is 0 Å². The molecule has 94 valence electrons. The predicted octanol–water partition coefficient (Wildman–Crippen LogP) is 4.15. The van der Waals surface area contributed by atoms with Crippen LogP contribution in [0.3, 0.4) is 0 Å². The highest BCUT2D eigenvalue weighted by Gasteiger charge is 2.25. The molecule has 1 aromatic carbocycles. The third kappa shape index (κ3) is 3.57. The Balaban J connectivity index is 1.92. The molecule has 1 saturated carbocycles. The van der Waals surface area contributed by atoms with E-state index in [4.69, 9.17) is 5.73 Å². The van der Waals surface area contributed by atoms with Gasteiger partial charge in [0.2, 0.25) is 0 Å². The molecule has 0 radical (unpaired) electrons. The number of benzene rings is 1. The lowest BCUT2D eigenvalue weighted by atomic mass is 9.74. The molecule has 0 spiro atoms. The Kier molecular flexibility index (Phi) is 4.22. The molecule has 1 fully saturated rings. The van der Waals surface area contributed by atoms with Crippen molar-refractivity contribution in [3.63, 3.8) is 0 Å². The van der Waals surface area contributed by atoms with Crippen molar-refractivity contribution in [3.05, 3.63) is 35.9 Å².